The maximum absolute atomic E-state index is 11.5. The van der Waals surface area contributed by atoms with Crippen LogP contribution in [0.2, 0.25) is 5.04 Å². The minimum absolute atomic E-state index is 0.131. The number of nitrogens with zero attached hydrogens (tertiary/aromatic N) is 1. The van der Waals surface area contributed by atoms with Crippen LogP contribution in [0, 0.1) is 0 Å². The van der Waals surface area contributed by atoms with Gasteiger partial charge in [-0.25, -0.2) is 4.79 Å². The van der Waals surface area contributed by atoms with Crippen LogP contribution >= 0.6 is 0 Å². The highest BCUT2D eigenvalue weighted by molar-refractivity contribution is 6.99. The summed E-state index contributed by atoms with van der Waals surface area (Å²) in [5.41, 5.74) is 0.722. The van der Waals surface area contributed by atoms with Gasteiger partial charge in [0, 0.05) is 12.3 Å². The van der Waals surface area contributed by atoms with Crippen molar-refractivity contribution in [3.8, 4) is 5.75 Å². The van der Waals surface area contributed by atoms with E-state index in [1.54, 1.807) is 19.2 Å². The molecule has 0 saturated heterocycles. The fourth-order valence-corrected chi connectivity index (χ4v) is 8.58. The second-order valence-electron chi connectivity index (χ2n) is 8.87. The van der Waals surface area contributed by atoms with Crippen LogP contribution in [0.25, 0.3) is 0 Å². The van der Waals surface area contributed by atoms with Gasteiger partial charge in [0.05, 0.1) is 13.2 Å². The minimum Gasteiger partial charge on any atom is -0.488 e. The summed E-state index contributed by atoms with van der Waals surface area (Å²) < 4.78 is 17.8. The van der Waals surface area contributed by atoms with E-state index in [1.807, 2.05) is 24.3 Å². The summed E-state index contributed by atoms with van der Waals surface area (Å²) in [7, 11) is -2.69. The van der Waals surface area contributed by atoms with Crippen molar-refractivity contribution in [2.45, 2.75) is 39.3 Å². The van der Waals surface area contributed by atoms with Crippen LogP contribution in [0.15, 0.2) is 91.1 Å². The molecule has 1 aromatic heterocycles. The lowest BCUT2D eigenvalue weighted by Gasteiger charge is -2.43. The summed E-state index contributed by atoms with van der Waals surface area (Å²) in [6.45, 7) is 9.40. The Balaban J connectivity index is 1.89. The van der Waals surface area contributed by atoms with Crippen molar-refractivity contribution in [2.75, 3.05) is 13.2 Å². The quantitative estimate of drug-likeness (QED) is 0.243. The second kappa shape index (κ2) is 11.8. The SMILES string of the molecule is CCOC(=O)C=CCOc1cccnc1CO[Si](c1ccccc1)(c1ccccc1)C(C)(C)C. The number of pyridine rings is 1. The molecule has 0 radical (unpaired) electrons. The standard InChI is InChI=1S/C28H33NO4Si/c1-5-31-27(30)19-13-21-32-26-18-12-20-29-25(26)22-33-34(28(2,3)4,23-14-8-6-9-15-23)24-16-10-7-11-17-24/h6-20H,5,21-22H2,1-4H3. The van der Waals surface area contributed by atoms with Crippen LogP contribution < -0.4 is 15.1 Å². The molecule has 0 atom stereocenters. The lowest BCUT2D eigenvalue weighted by molar-refractivity contribution is -0.137. The maximum atomic E-state index is 11.5. The van der Waals surface area contributed by atoms with Crippen molar-refractivity contribution in [1.82, 2.24) is 4.98 Å². The first kappa shape index (κ1) is 25.4. The number of ether oxygens (including phenoxy) is 2. The molecule has 6 heteroatoms. The third-order valence-electron chi connectivity index (χ3n) is 5.57. The predicted octanol–water partition coefficient (Wildman–Crippen LogP) is 4.66. The molecule has 2 aromatic carbocycles. The molecular formula is C28H33NO4Si. The molecule has 0 aliphatic heterocycles. The number of esters is 1. The first-order chi connectivity index (χ1) is 16.4. The van der Waals surface area contributed by atoms with Crippen molar-refractivity contribution in [3.63, 3.8) is 0 Å². The van der Waals surface area contributed by atoms with E-state index in [1.165, 1.54) is 16.4 Å². The molecule has 0 bridgehead atoms. The average molecular weight is 476 g/mol. The molecule has 1 heterocycles. The first-order valence-electron chi connectivity index (χ1n) is 11.5. The van der Waals surface area contributed by atoms with E-state index in [9.17, 15) is 4.79 Å². The van der Waals surface area contributed by atoms with E-state index in [-0.39, 0.29) is 17.6 Å². The van der Waals surface area contributed by atoms with Gasteiger partial charge in [-0.1, -0.05) is 81.4 Å². The Morgan fingerprint density at radius 1 is 0.941 bits per heavy atom. The highest BCUT2D eigenvalue weighted by atomic mass is 28.4. The molecule has 0 amide bonds. The molecule has 5 nitrogen and oxygen atoms in total. The van der Waals surface area contributed by atoms with Gasteiger partial charge in [0.2, 0.25) is 0 Å². The lowest BCUT2D eigenvalue weighted by atomic mass is 10.2. The van der Waals surface area contributed by atoms with Crippen LogP contribution in [0.3, 0.4) is 0 Å². The van der Waals surface area contributed by atoms with E-state index < -0.39 is 8.32 Å². The first-order valence-corrected chi connectivity index (χ1v) is 13.4. The smallest absolute Gasteiger partial charge is 0.330 e. The normalized spacial score (nSPS) is 12.0. The van der Waals surface area contributed by atoms with Crippen molar-refractivity contribution in [2.24, 2.45) is 0 Å². The van der Waals surface area contributed by atoms with Gasteiger partial charge in [0.25, 0.3) is 8.32 Å². The summed E-state index contributed by atoms with van der Waals surface area (Å²) in [5.74, 6) is 0.251. The summed E-state index contributed by atoms with van der Waals surface area (Å²) in [4.78, 5) is 16.1. The predicted molar refractivity (Wildman–Crippen MR) is 138 cm³/mol. The third-order valence-corrected chi connectivity index (χ3v) is 10.5. The van der Waals surface area contributed by atoms with Crippen molar-refractivity contribution in [3.05, 3.63) is 96.8 Å². The summed E-state index contributed by atoms with van der Waals surface area (Å²) in [5, 5.41) is 2.29. The van der Waals surface area contributed by atoms with Crippen LogP contribution in [0.1, 0.15) is 33.4 Å². The number of carbonyl (C=O) groups excluding carboxylic acids is 1. The van der Waals surface area contributed by atoms with Gasteiger partial charge in [-0.2, -0.15) is 0 Å². The fraction of sp³-hybridized carbons (Fsp3) is 0.286. The molecule has 0 fully saturated rings. The Kier molecular flexibility index (Phi) is 8.79. The largest absolute Gasteiger partial charge is 0.488 e. The molecule has 3 aromatic rings. The number of carbonyl (C=O) groups is 1. The van der Waals surface area contributed by atoms with Gasteiger partial charge >= 0.3 is 5.97 Å². The molecule has 0 aliphatic rings. The highest BCUT2D eigenvalue weighted by Crippen LogP contribution is 2.37. The summed E-state index contributed by atoms with van der Waals surface area (Å²) in [6.07, 6.45) is 4.75. The number of aromatic nitrogens is 1. The number of hydrogen-bond donors (Lipinski definition) is 0. The van der Waals surface area contributed by atoms with Crippen LogP contribution in [0.5, 0.6) is 5.75 Å². The van der Waals surface area contributed by atoms with E-state index in [0.717, 1.165) is 5.69 Å². The monoisotopic (exact) mass is 475 g/mol. The van der Waals surface area contributed by atoms with E-state index in [2.05, 4.69) is 74.3 Å². The topological polar surface area (TPSA) is 57.7 Å². The molecule has 0 unspecified atom stereocenters. The van der Waals surface area contributed by atoms with Gasteiger partial charge in [-0.15, -0.1) is 0 Å². The Labute approximate surface area is 203 Å². The molecule has 34 heavy (non-hydrogen) atoms. The Morgan fingerprint density at radius 3 is 2.12 bits per heavy atom. The molecular weight excluding hydrogens is 442 g/mol. The van der Waals surface area contributed by atoms with Gasteiger partial charge in [-0.3, -0.25) is 4.98 Å². The Bertz CT molecular complexity index is 1040. The van der Waals surface area contributed by atoms with Gasteiger partial charge in [-0.05, 0) is 40.5 Å². The van der Waals surface area contributed by atoms with E-state index in [4.69, 9.17) is 13.9 Å². The van der Waals surface area contributed by atoms with Crippen molar-refractivity contribution >= 4 is 24.7 Å². The van der Waals surface area contributed by atoms with Gasteiger partial charge < -0.3 is 13.9 Å². The Hall–Kier alpha value is -3.22. The van der Waals surface area contributed by atoms with Gasteiger partial charge in [0.1, 0.15) is 18.1 Å². The number of rotatable bonds is 10. The zero-order chi connectivity index (χ0) is 24.4. The fourth-order valence-electron chi connectivity index (χ4n) is 4.07. The van der Waals surface area contributed by atoms with Crippen LogP contribution in [-0.4, -0.2) is 32.5 Å². The van der Waals surface area contributed by atoms with E-state index in [0.29, 0.717) is 19.0 Å². The summed E-state index contributed by atoms with van der Waals surface area (Å²) >= 11 is 0. The highest BCUT2D eigenvalue weighted by Gasteiger charge is 2.50. The minimum atomic E-state index is -2.69. The molecule has 3 rings (SSSR count). The van der Waals surface area contributed by atoms with Crippen molar-refractivity contribution < 1.29 is 18.7 Å². The molecule has 0 saturated carbocycles. The third kappa shape index (κ3) is 6.01. The van der Waals surface area contributed by atoms with Gasteiger partial charge in [0.15, 0.2) is 0 Å². The molecule has 0 spiro atoms. The zero-order valence-electron chi connectivity index (χ0n) is 20.4. The van der Waals surface area contributed by atoms with Crippen molar-refractivity contribution in [1.29, 1.82) is 0 Å². The Morgan fingerprint density at radius 2 is 1.56 bits per heavy atom. The van der Waals surface area contributed by atoms with Crippen LogP contribution in [-0.2, 0) is 20.6 Å². The summed E-state index contributed by atoms with van der Waals surface area (Å²) in [6, 6.07) is 24.7. The number of benzene rings is 2. The van der Waals surface area contributed by atoms with Crippen LogP contribution in [0.4, 0.5) is 0 Å². The lowest BCUT2D eigenvalue weighted by Crippen LogP contribution is -2.66. The molecule has 0 N–H and O–H groups in total. The second-order valence-corrected chi connectivity index (χ2v) is 13.2. The maximum Gasteiger partial charge on any atom is 0.330 e. The average Bonchev–Trinajstić information content (AvgIpc) is 2.84. The molecule has 178 valence electrons. The zero-order valence-corrected chi connectivity index (χ0v) is 21.4. The number of hydrogen-bond acceptors (Lipinski definition) is 5. The van der Waals surface area contributed by atoms with E-state index >= 15 is 0 Å². The molecule has 0 aliphatic carbocycles.